The Bertz CT molecular complexity index is 1870. The van der Waals surface area contributed by atoms with Gasteiger partial charge in [-0.1, -0.05) is 75.7 Å². The molecule has 55 heavy (non-hydrogen) atoms. The lowest BCUT2D eigenvalue weighted by molar-refractivity contribution is -0.0826. The van der Waals surface area contributed by atoms with E-state index in [9.17, 15) is 4.79 Å². The van der Waals surface area contributed by atoms with Crippen LogP contribution in [0, 0.1) is 0 Å². The van der Waals surface area contributed by atoms with Gasteiger partial charge >= 0.3 is 6.09 Å². The van der Waals surface area contributed by atoms with Crippen LogP contribution in [0.25, 0.3) is 28.0 Å². The number of fused-ring (bicyclic) bond motifs is 3. The first-order chi connectivity index (χ1) is 26.0. The van der Waals surface area contributed by atoms with Gasteiger partial charge in [0.05, 0.1) is 37.2 Å². The lowest BCUT2D eigenvalue weighted by Crippen LogP contribution is -2.59. The fourth-order valence-electron chi connectivity index (χ4n) is 7.18. The monoisotopic (exact) mass is 782 g/mol. The second-order valence-corrected chi connectivity index (χ2v) is 29.7. The van der Waals surface area contributed by atoms with Crippen molar-refractivity contribution in [1.29, 1.82) is 0 Å². The van der Waals surface area contributed by atoms with Crippen LogP contribution in [0.15, 0.2) is 54.9 Å². The van der Waals surface area contributed by atoms with E-state index in [1.165, 1.54) is 0 Å². The maximum absolute atomic E-state index is 13.5. The van der Waals surface area contributed by atoms with E-state index in [1.807, 2.05) is 66.8 Å². The molecule has 1 amide bonds. The van der Waals surface area contributed by atoms with Crippen LogP contribution in [-0.4, -0.2) is 112 Å². The van der Waals surface area contributed by atoms with Crippen LogP contribution in [-0.2, 0) is 18.9 Å². The molecule has 2 unspecified atom stereocenters. The topological polar surface area (TPSA) is 104 Å². The van der Waals surface area contributed by atoms with Crippen molar-refractivity contribution in [2.45, 2.75) is 109 Å². The van der Waals surface area contributed by atoms with E-state index in [2.05, 4.69) is 62.4 Å². The third-order valence-electron chi connectivity index (χ3n) is 10.1. The van der Waals surface area contributed by atoms with E-state index in [4.69, 9.17) is 41.9 Å². The number of nitrogens with zero attached hydrogens (tertiary/aromatic N) is 6. The zero-order valence-electron chi connectivity index (χ0n) is 34.3. The second kappa shape index (κ2) is 16.9. The highest BCUT2D eigenvalue weighted by Crippen LogP contribution is 2.39. The van der Waals surface area contributed by atoms with Crippen LogP contribution in [0.5, 0.6) is 0 Å². The van der Waals surface area contributed by atoms with E-state index in [0.717, 1.165) is 40.2 Å². The van der Waals surface area contributed by atoms with Crippen LogP contribution in [0.3, 0.4) is 0 Å². The first-order valence-electron chi connectivity index (χ1n) is 19.7. The molecule has 0 aliphatic carbocycles. The number of carbonyl (C=O) groups excluding carboxylic acids is 1. The molecule has 11 nitrogen and oxygen atoms in total. The van der Waals surface area contributed by atoms with Crippen molar-refractivity contribution in [3.8, 4) is 22.4 Å². The molecule has 2 fully saturated rings. The molecule has 2 atom stereocenters. The molecule has 0 N–H and O–H groups in total. The van der Waals surface area contributed by atoms with Crippen LogP contribution in [0.2, 0.25) is 51.4 Å². The average Bonchev–Trinajstić information content (AvgIpc) is 3.52. The molecule has 2 aliphatic rings. The van der Waals surface area contributed by atoms with Crippen molar-refractivity contribution >= 4 is 47.0 Å². The number of piperidine rings is 1. The molecule has 5 heterocycles. The lowest BCUT2D eigenvalue weighted by Gasteiger charge is -2.48. The van der Waals surface area contributed by atoms with Gasteiger partial charge in [-0.2, -0.15) is 9.61 Å². The molecule has 294 valence electrons. The van der Waals surface area contributed by atoms with Crippen molar-refractivity contribution in [3.05, 3.63) is 60.6 Å². The summed E-state index contributed by atoms with van der Waals surface area (Å²) in [5.41, 5.74) is 5.10. The number of hydrogen-bond acceptors (Lipinski definition) is 9. The molecular weight excluding hydrogens is 723 g/mol. The van der Waals surface area contributed by atoms with E-state index < -0.39 is 21.7 Å². The predicted octanol–water partition coefficient (Wildman–Crippen LogP) is 7.57. The first-order valence-corrected chi connectivity index (χ1v) is 27.1. The quantitative estimate of drug-likeness (QED) is 0.0729. The Morgan fingerprint density at radius 2 is 1.51 bits per heavy atom. The minimum Gasteiger partial charge on any atom is -0.444 e. The minimum atomic E-state index is -1.32. The molecule has 2 saturated heterocycles. The number of pyridine rings is 1. The summed E-state index contributed by atoms with van der Waals surface area (Å²) < 4.78 is 26.5. The van der Waals surface area contributed by atoms with Crippen molar-refractivity contribution in [3.63, 3.8) is 0 Å². The van der Waals surface area contributed by atoms with Crippen LogP contribution in [0.1, 0.15) is 45.2 Å². The van der Waals surface area contributed by atoms with Gasteiger partial charge in [-0.05, 0) is 57.2 Å². The lowest BCUT2D eigenvalue weighted by atomic mass is 9.78. The summed E-state index contributed by atoms with van der Waals surface area (Å²) in [6, 6.07) is 16.0. The van der Waals surface area contributed by atoms with Gasteiger partial charge in [0.2, 0.25) is 0 Å². The molecule has 2 aliphatic heterocycles. The van der Waals surface area contributed by atoms with Gasteiger partial charge in [0, 0.05) is 63.9 Å². The Labute approximate surface area is 330 Å². The average molecular weight is 783 g/mol. The van der Waals surface area contributed by atoms with Gasteiger partial charge in [-0.25, -0.2) is 9.78 Å². The summed E-state index contributed by atoms with van der Waals surface area (Å²) >= 11 is 0. The number of hydrogen-bond donors (Lipinski definition) is 0. The van der Waals surface area contributed by atoms with Gasteiger partial charge in [0.1, 0.15) is 32.7 Å². The van der Waals surface area contributed by atoms with Crippen molar-refractivity contribution in [1.82, 2.24) is 24.5 Å². The molecule has 0 saturated carbocycles. The maximum atomic E-state index is 13.5. The fraction of sp³-hybridized carbons (Fsp3) is 0.561. The summed E-state index contributed by atoms with van der Waals surface area (Å²) in [4.78, 5) is 27.6. The SMILES string of the molecule is [B]c1c(C2CC3COCC(C2)N3C(=O)OC(C)(C)C)nc2c(-c3ccc(-c4ccccc4)nc3)cnn2c1N(COCC[Si](C)(C)C)COCC[Si](C)(C)C. The number of benzene rings is 1. The summed E-state index contributed by atoms with van der Waals surface area (Å²) in [6.07, 6.45) is 4.70. The molecule has 3 aromatic heterocycles. The molecular formula is C41H59BN6O5Si2. The van der Waals surface area contributed by atoms with Gasteiger partial charge in [-0.3, -0.25) is 9.88 Å². The number of morpholine rings is 1. The van der Waals surface area contributed by atoms with Gasteiger partial charge in [0.25, 0.3) is 0 Å². The third kappa shape index (κ3) is 10.4. The zero-order chi connectivity index (χ0) is 39.5. The Morgan fingerprint density at radius 1 is 0.891 bits per heavy atom. The fourth-order valence-corrected chi connectivity index (χ4v) is 8.69. The Kier molecular flexibility index (Phi) is 12.6. The highest BCUT2D eigenvalue weighted by Gasteiger charge is 2.45. The number of ether oxygens (including phenoxy) is 4. The van der Waals surface area contributed by atoms with Gasteiger partial charge < -0.3 is 23.8 Å². The number of aromatic nitrogens is 4. The Hall–Kier alpha value is -3.56. The van der Waals surface area contributed by atoms with Crippen LogP contribution >= 0.6 is 0 Å². The first kappa shape index (κ1) is 41.1. The zero-order valence-corrected chi connectivity index (χ0v) is 36.3. The second-order valence-electron chi connectivity index (χ2n) is 18.5. The van der Waals surface area contributed by atoms with E-state index in [1.54, 1.807) is 0 Å². The largest absolute Gasteiger partial charge is 0.444 e. The normalized spacial score (nSPS) is 19.1. The predicted molar refractivity (Wildman–Crippen MR) is 226 cm³/mol. The molecule has 14 heteroatoms. The molecule has 6 rings (SSSR count). The number of carbonyl (C=O) groups is 1. The molecule has 2 radical (unpaired) electrons. The van der Waals surface area contributed by atoms with Crippen molar-refractivity contribution in [2.75, 3.05) is 44.8 Å². The van der Waals surface area contributed by atoms with E-state index >= 15 is 0 Å². The smallest absolute Gasteiger partial charge is 0.410 e. The van der Waals surface area contributed by atoms with Gasteiger partial charge in [0.15, 0.2) is 5.65 Å². The molecule has 2 bridgehead atoms. The number of rotatable bonds is 14. The highest BCUT2D eigenvalue weighted by atomic mass is 28.3. The number of anilines is 1. The summed E-state index contributed by atoms with van der Waals surface area (Å²) in [5, 5.41) is 4.92. The molecule has 4 aromatic rings. The summed E-state index contributed by atoms with van der Waals surface area (Å²) in [6.45, 7) is 22.6. The third-order valence-corrected chi connectivity index (χ3v) is 13.5. The highest BCUT2D eigenvalue weighted by molar-refractivity contribution is 6.76. The van der Waals surface area contributed by atoms with Crippen LogP contribution < -0.4 is 10.4 Å². The Balaban J connectivity index is 1.41. The standard InChI is InChI=1S/C41H59BN6O5Si2/c1-41(2,3)53-40(49)47-32-21-31(22-33(47)26-52-25-32)37-36(42)39(46(27-50-17-19-54(4,5)6)28-51-18-20-55(7,8)9)48-38(45-37)34(24-44-48)30-15-16-35(43-23-30)29-13-11-10-12-14-29/h10-16,23-24,31-33H,17-22,25-28H2,1-9H3. The van der Waals surface area contributed by atoms with E-state index in [0.29, 0.717) is 69.7 Å². The summed E-state index contributed by atoms with van der Waals surface area (Å²) in [7, 11) is 4.64. The van der Waals surface area contributed by atoms with E-state index in [-0.39, 0.29) is 24.1 Å². The summed E-state index contributed by atoms with van der Waals surface area (Å²) in [5.74, 6) is 0.655. The van der Waals surface area contributed by atoms with Crippen molar-refractivity contribution < 1.29 is 23.7 Å². The minimum absolute atomic E-state index is 0.0369. The van der Waals surface area contributed by atoms with Crippen LogP contribution in [0.4, 0.5) is 10.6 Å². The van der Waals surface area contributed by atoms with Gasteiger partial charge in [-0.15, -0.1) is 0 Å². The molecule has 0 spiro atoms. The number of amides is 1. The Morgan fingerprint density at radius 3 is 2.05 bits per heavy atom. The maximum Gasteiger partial charge on any atom is 0.410 e. The van der Waals surface area contributed by atoms with Crippen molar-refractivity contribution in [2.24, 2.45) is 0 Å². The molecule has 1 aromatic carbocycles.